The zero-order valence-electron chi connectivity index (χ0n) is 10.2. The maximum atomic E-state index is 3.86. The van der Waals surface area contributed by atoms with Gasteiger partial charge < -0.3 is 5.32 Å². The number of hydrogen-bond donors (Lipinski definition) is 1. The predicted octanol–water partition coefficient (Wildman–Crippen LogP) is 3.53. The van der Waals surface area contributed by atoms with Crippen LogP contribution in [0.1, 0.15) is 44.7 Å². The summed E-state index contributed by atoms with van der Waals surface area (Å²) in [6.07, 6.45) is 4.14. The largest absolute Gasteiger partial charge is 0.306 e. The highest BCUT2D eigenvalue weighted by molar-refractivity contribution is 5.22. The van der Waals surface area contributed by atoms with Crippen molar-refractivity contribution < 1.29 is 0 Å². The lowest BCUT2D eigenvalue weighted by Crippen LogP contribution is -2.27. The first-order chi connectivity index (χ1) is 7.67. The maximum Gasteiger partial charge on any atom is 0.0351 e. The molecule has 0 aliphatic heterocycles. The summed E-state index contributed by atoms with van der Waals surface area (Å²) >= 11 is 0. The summed E-state index contributed by atoms with van der Waals surface area (Å²) < 4.78 is 0. The van der Waals surface area contributed by atoms with Gasteiger partial charge in [-0.3, -0.25) is 0 Å². The summed E-state index contributed by atoms with van der Waals surface area (Å²) in [5.74, 6) is 0.888. The van der Waals surface area contributed by atoms with Crippen molar-refractivity contribution in [2.24, 2.45) is 11.3 Å². The molecule has 1 aromatic rings. The quantitative estimate of drug-likeness (QED) is 0.810. The Labute approximate surface area is 98.3 Å². The smallest absolute Gasteiger partial charge is 0.0351 e. The minimum absolute atomic E-state index is 0.530. The van der Waals surface area contributed by atoms with Gasteiger partial charge in [0.2, 0.25) is 0 Å². The van der Waals surface area contributed by atoms with Gasteiger partial charge in [-0.25, -0.2) is 0 Å². The van der Waals surface area contributed by atoms with E-state index in [2.05, 4.69) is 49.5 Å². The van der Waals surface area contributed by atoms with E-state index >= 15 is 0 Å². The van der Waals surface area contributed by atoms with E-state index in [1.165, 1.54) is 24.8 Å². The minimum atomic E-state index is 0.530. The lowest BCUT2D eigenvalue weighted by molar-refractivity contribution is 0.436. The summed E-state index contributed by atoms with van der Waals surface area (Å²) in [4.78, 5) is 0. The SMILES string of the molecule is CC1(C)CC1NC(c1ccccc1)C1CC1. The fourth-order valence-electron chi connectivity index (χ4n) is 2.56. The molecular weight excluding hydrogens is 194 g/mol. The Morgan fingerprint density at radius 2 is 1.81 bits per heavy atom. The second-order valence-electron chi connectivity index (χ2n) is 6.14. The van der Waals surface area contributed by atoms with Crippen LogP contribution in [0.15, 0.2) is 30.3 Å². The van der Waals surface area contributed by atoms with E-state index in [1.807, 2.05) is 0 Å². The predicted molar refractivity (Wildman–Crippen MR) is 67.2 cm³/mol. The molecule has 2 unspecified atom stereocenters. The van der Waals surface area contributed by atoms with Crippen molar-refractivity contribution in [3.63, 3.8) is 0 Å². The number of rotatable bonds is 4. The van der Waals surface area contributed by atoms with Crippen LogP contribution in [0.4, 0.5) is 0 Å². The number of hydrogen-bond acceptors (Lipinski definition) is 1. The maximum absolute atomic E-state index is 3.86. The third-order valence-corrected chi connectivity index (χ3v) is 4.15. The second kappa shape index (κ2) is 3.59. The summed E-state index contributed by atoms with van der Waals surface area (Å²) in [5.41, 5.74) is 2.01. The molecule has 2 saturated carbocycles. The van der Waals surface area contributed by atoms with Gasteiger partial charge in [0.15, 0.2) is 0 Å². The van der Waals surface area contributed by atoms with Gasteiger partial charge in [0.25, 0.3) is 0 Å². The number of nitrogens with one attached hydrogen (secondary N) is 1. The van der Waals surface area contributed by atoms with E-state index in [0.717, 1.165) is 12.0 Å². The average Bonchev–Trinajstić information content (AvgIpc) is 3.15. The summed E-state index contributed by atoms with van der Waals surface area (Å²) in [6.45, 7) is 4.72. The van der Waals surface area contributed by atoms with Crippen LogP contribution in [-0.4, -0.2) is 6.04 Å². The monoisotopic (exact) mass is 215 g/mol. The molecule has 0 bridgehead atoms. The van der Waals surface area contributed by atoms with E-state index in [9.17, 15) is 0 Å². The van der Waals surface area contributed by atoms with Crippen molar-refractivity contribution in [3.05, 3.63) is 35.9 Å². The van der Waals surface area contributed by atoms with Crippen molar-refractivity contribution in [2.45, 2.75) is 45.2 Å². The highest BCUT2D eigenvalue weighted by atomic mass is 15.0. The molecule has 16 heavy (non-hydrogen) atoms. The molecule has 0 aromatic heterocycles. The highest BCUT2D eigenvalue weighted by Gasteiger charge is 2.48. The molecular formula is C15H21N. The van der Waals surface area contributed by atoms with Gasteiger partial charge in [-0.1, -0.05) is 44.2 Å². The molecule has 2 aliphatic rings. The van der Waals surface area contributed by atoms with E-state index < -0.39 is 0 Å². The molecule has 1 heteroatoms. The standard InChI is InChI=1S/C15H21N/c1-15(2)10-13(15)16-14(12-8-9-12)11-6-4-3-5-7-11/h3-7,12-14,16H,8-10H2,1-2H3. The minimum Gasteiger partial charge on any atom is -0.306 e. The molecule has 1 aromatic carbocycles. The van der Waals surface area contributed by atoms with Crippen molar-refractivity contribution in [2.75, 3.05) is 0 Å². The Bertz CT molecular complexity index is 364. The lowest BCUT2D eigenvalue weighted by Gasteiger charge is -2.20. The Morgan fingerprint density at radius 1 is 1.19 bits per heavy atom. The molecule has 1 N–H and O–H groups in total. The average molecular weight is 215 g/mol. The van der Waals surface area contributed by atoms with Gasteiger partial charge >= 0.3 is 0 Å². The van der Waals surface area contributed by atoms with Crippen LogP contribution in [0, 0.1) is 11.3 Å². The van der Waals surface area contributed by atoms with E-state index in [4.69, 9.17) is 0 Å². The molecule has 3 rings (SSSR count). The molecule has 0 spiro atoms. The van der Waals surface area contributed by atoms with Crippen LogP contribution in [-0.2, 0) is 0 Å². The first-order valence-corrected chi connectivity index (χ1v) is 6.48. The Kier molecular flexibility index (Phi) is 2.32. The zero-order valence-corrected chi connectivity index (χ0v) is 10.2. The van der Waals surface area contributed by atoms with Gasteiger partial charge in [-0.15, -0.1) is 0 Å². The Balaban J connectivity index is 1.73. The molecule has 2 aliphatic carbocycles. The molecule has 2 atom stereocenters. The molecule has 86 valence electrons. The van der Waals surface area contributed by atoms with E-state index in [1.54, 1.807) is 0 Å². The van der Waals surface area contributed by atoms with Crippen molar-refractivity contribution in [3.8, 4) is 0 Å². The highest BCUT2D eigenvalue weighted by Crippen LogP contribution is 2.49. The first-order valence-electron chi connectivity index (χ1n) is 6.48. The Hall–Kier alpha value is -0.820. The van der Waals surface area contributed by atoms with Crippen LogP contribution in [0.3, 0.4) is 0 Å². The van der Waals surface area contributed by atoms with E-state index in [-0.39, 0.29) is 0 Å². The fraction of sp³-hybridized carbons (Fsp3) is 0.600. The Morgan fingerprint density at radius 3 is 2.31 bits per heavy atom. The van der Waals surface area contributed by atoms with Crippen LogP contribution in [0.25, 0.3) is 0 Å². The van der Waals surface area contributed by atoms with Crippen LogP contribution in [0.5, 0.6) is 0 Å². The van der Waals surface area contributed by atoms with Crippen molar-refractivity contribution in [1.29, 1.82) is 0 Å². The molecule has 0 heterocycles. The third-order valence-electron chi connectivity index (χ3n) is 4.15. The first kappa shape index (κ1) is 10.3. The summed E-state index contributed by atoms with van der Waals surface area (Å²) in [6, 6.07) is 12.3. The molecule has 0 saturated heterocycles. The second-order valence-corrected chi connectivity index (χ2v) is 6.14. The topological polar surface area (TPSA) is 12.0 Å². The normalized spacial score (nSPS) is 28.8. The molecule has 0 amide bonds. The van der Waals surface area contributed by atoms with Gasteiger partial charge in [0.1, 0.15) is 0 Å². The van der Waals surface area contributed by atoms with Gasteiger partial charge in [0.05, 0.1) is 0 Å². The van der Waals surface area contributed by atoms with Crippen LogP contribution < -0.4 is 5.32 Å². The molecule has 0 radical (unpaired) electrons. The zero-order chi connectivity index (χ0) is 11.2. The molecule has 2 fully saturated rings. The van der Waals surface area contributed by atoms with Crippen molar-refractivity contribution in [1.82, 2.24) is 5.32 Å². The summed E-state index contributed by atoms with van der Waals surface area (Å²) in [7, 11) is 0. The third kappa shape index (κ3) is 2.01. The van der Waals surface area contributed by atoms with Crippen LogP contribution in [0.2, 0.25) is 0 Å². The van der Waals surface area contributed by atoms with Gasteiger partial charge in [0, 0.05) is 12.1 Å². The fourth-order valence-corrected chi connectivity index (χ4v) is 2.56. The summed E-state index contributed by atoms with van der Waals surface area (Å²) in [5, 5.41) is 3.86. The lowest BCUT2D eigenvalue weighted by atomic mass is 10.0. The van der Waals surface area contributed by atoms with Gasteiger partial charge in [-0.05, 0) is 36.2 Å². The van der Waals surface area contributed by atoms with E-state index in [0.29, 0.717) is 11.5 Å². The van der Waals surface area contributed by atoms with Gasteiger partial charge in [-0.2, -0.15) is 0 Å². The van der Waals surface area contributed by atoms with Crippen LogP contribution >= 0.6 is 0 Å². The van der Waals surface area contributed by atoms with Crippen molar-refractivity contribution >= 4 is 0 Å². The molecule has 1 nitrogen and oxygen atoms in total. The number of benzene rings is 1.